The number of hydrogen-bond donors (Lipinski definition) is 2. The Bertz CT molecular complexity index is 73.9. The van der Waals surface area contributed by atoms with Crippen LogP contribution in [0.15, 0.2) is 0 Å². The minimum atomic E-state index is 0.753. The second kappa shape index (κ2) is 9.01. The maximum Gasteiger partial charge on any atom is -0.00110 e. The van der Waals surface area contributed by atoms with Crippen LogP contribution in [-0.4, -0.2) is 26.2 Å². The third-order valence-electron chi connectivity index (χ3n) is 1.84. The Morgan fingerprint density at radius 2 is 1.33 bits per heavy atom. The fourth-order valence-electron chi connectivity index (χ4n) is 1.12. The molecule has 0 amide bonds. The molecule has 0 aromatic rings. The summed E-state index contributed by atoms with van der Waals surface area (Å²) in [5.74, 6) is 0.753. The SMILES string of the molecule is CCCNCC(C)CNCCC. The van der Waals surface area contributed by atoms with Crippen LogP contribution in [0.2, 0.25) is 0 Å². The van der Waals surface area contributed by atoms with Crippen LogP contribution in [0.4, 0.5) is 0 Å². The van der Waals surface area contributed by atoms with Gasteiger partial charge in [-0.15, -0.1) is 0 Å². The zero-order valence-electron chi connectivity index (χ0n) is 8.82. The molecule has 0 aliphatic carbocycles. The van der Waals surface area contributed by atoms with Gasteiger partial charge in [0.15, 0.2) is 0 Å². The Morgan fingerprint density at radius 3 is 1.67 bits per heavy atom. The number of rotatable bonds is 8. The molecule has 0 aliphatic heterocycles. The van der Waals surface area contributed by atoms with E-state index in [4.69, 9.17) is 0 Å². The van der Waals surface area contributed by atoms with E-state index in [-0.39, 0.29) is 0 Å². The van der Waals surface area contributed by atoms with Crippen molar-refractivity contribution in [2.24, 2.45) is 5.92 Å². The van der Waals surface area contributed by atoms with Crippen LogP contribution in [0.25, 0.3) is 0 Å². The molecule has 2 N–H and O–H groups in total. The van der Waals surface area contributed by atoms with Crippen molar-refractivity contribution < 1.29 is 0 Å². The molecule has 0 saturated carbocycles. The smallest absolute Gasteiger partial charge is 0.00110 e. The molecular weight excluding hydrogens is 148 g/mol. The predicted octanol–water partition coefficient (Wildman–Crippen LogP) is 1.62. The summed E-state index contributed by atoms with van der Waals surface area (Å²) in [7, 11) is 0. The van der Waals surface area contributed by atoms with Crippen molar-refractivity contribution in [2.75, 3.05) is 26.2 Å². The summed E-state index contributed by atoms with van der Waals surface area (Å²) in [6.07, 6.45) is 2.46. The summed E-state index contributed by atoms with van der Waals surface area (Å²) in [6.45, 7) is 11.3. The Balaban J connectivity index is 3.04. The lowest BCUT2D eigenvalue weighted by Gasteiger charge is -2.12. The Hall–Kier alpha value is -0.0800. The molecule has 2 nitrogen and oxygen atoms in total. The highest BCUT2D eigenvalue weighted by molar-refractivity contribution is 4.59. The molecule has 0 atom stereocenters. The van der Waals surface area contributed by atoms with Gasteiger partial charge in [0, 0.05) is 0 Å². The largest absolute Gasteiger partial charge is 0.316 e. The molecule has 0 unspecified atom stereocenters. The van der Waals surface area contributed by atoms with Gasteiger partial charge < -0.3 is 10.6 Å². The van der Waals surface area contributed by atoms with Crippen molar-refractivity contribution in [2.45, 2.75) is 33.6 Å². The van der Waals surface area contributed by atoms with E-state index >= 15 is 0 Å². The van der Waals surface area contributed by atoms with Crippen molar-refractivity contribution in [3.05, 3.63) is 0 Å². The second-order valence-corrected chi connectivity index (χ2v) is 3.51. The first-order chi connectivity index (χ1) is 5.81. The van der Waals surface area contributed by atoms with Crippen LogP contribution >= 0.6 is 0 Å². The maximum absolute atomic E-state index is 3.42. The van der Waals surface area contributed by atoms with Crippen LogP contribution in [-0.2, 0) is 0 Å². The lowest BCUT2D eigenvalue weighted by molar-refractivity contribution is 0.473. The van der Waals surface area contributed by atoms with E-state index in [1.165, 1.54) is 12.8 Å². The fraction of sp³-hybridized carbons (Fsp3) is 1.00. The van der Waals surface area contributed by atoms with Crippen molar-refractivity contribution in [1.82, 2.24) is 10.6 Å². The third kappa shape index (κ3) is 8.02. The van der Waals surface area contributed by atoms with Gasteiger partial charge in [-0.05, 0) is 44.9 Å². The number of nitrogens with one attached hydrogen (secondary N) is 2. The molecule has 0 saturated heterocycles. The molecule has 2 heteroatoms. The van der Waals surface area contributed by atoms with Gasteiger partial charge in [-0.1, -0.05) is 20.8 Å². The quantitative estimate of drug-likeness (QED) is 0.544. The zero-order chi connectivity index (χ0) is 9.23. The van der Waals surface area contributed by atoms with Gasteiger partial charge >= 0.3 is 0 Å². The van der Waals surface area contributed by atoms with E-state index in [0.717, 1.165) is 32.1 Å². The Kier molecular flexibility index (Phi) is 8.95. The molecule has 0 aromatic heterocycles. The summed E-state index contributed by atoms with van der Waals surface area (Å²) in [6, 6.07) is 0. The molecule has 0 aliphatic rings. The van der Waals surface area contributed by atoms with E-state index < -0.39 is 0 Å². The molecule has 12 heavy (non-hydrogen) atoms. The van der Waals surface area contributed by atoms with Crippen molar-refractivity contribution >= 4 is 0 Å². The zero-order valence-corrected chi connectivity index (χ0v) is 8.82. The van der Waals surface area contributed by atoms with Crippen LogP contribution in [0.3, 0.4) is 0 Å². The van der Waals surface area contributed by atoms with Gasteiger partial charge in [-0.25, -0.2) is 0 Å². The van der Waals surface area contributed by atoms with E-state index in [9.17, 15) is 0 Å². The fourth-order valence-corrected chi connectivity index (χ4v) is 1.12. The van der Waals surface area contributed by atoms with Gasteiger partial charge in [0.05, 0.1) is 0 Å². The molecule has 0 aromatic carbocycles. The molecule has 0 rings (SSSR count). The summed E-state index contributed by atoms with van der Waals surface area (Å²) in [5.41, 5.74) is 0. The van der Waals surface area contributed by atoms with Crippen molar-refractivity contribution in [3.63, 3.8) is 0 Å². The molecule has 0 spiro atoms. The molecular formula is C10H24N2. The first-order valence-corrected chi connectivity index (χ1v) is 5.22. The van der Waals surface area contributed by atoms with Gasteiger partial charge in [-0.3, -0.25) is 0 Å². The molecule has 74 valence electrons. The van der Waals surface area contributed by atoms with E-state index in [2.05, 4.69) is 31.4 Å². The average molecular weight is 172 g/mol. The first-order valence-electron chi connectivity index (χ1n) is 5.22. The van der Waals surface area contributed by atoms with Gasteiger partial charge in [0.1, 0.15) is 0 Å². The maximum atomic E-state index is 3.42. The summed E-state index contributed by atoms with van der Waals surface area (Å²) in [4.78, 5) is 0. The van der Waals surface area contributed by atoms with Crippen LogP contribution in [0.5, 0.6) is 0 Å². The highest BCUT2D eigenvalue weighted by atomic mass is 14.9. The summed E-state index contributed by atoms with van der Waals surface area (Å²) >= 11 is 0. The van der Waals surface area contributed by atoms with Crippen LogP contribution in [0.1, 0.15) is 33.6 Å². The lowest BCUT2D eigenvalue weighted by Crippen LogP contribution is -2.30. The van der Waals surface area contributed by atoms with Crippen LogP contribution < -0.4 is 10.6 Å². The first kappa shape index (κ1) is 11.9. The summed E-state index contributed by atoms with van der Waals surface area (Å²) in [5, 5.41) is 6.84. The highest BCUT2D eigenvalue weighted by Crippen LogP contribution is 1.89. The van der Waals surface area contributed by atoms with Gasteiger partial charge in [0.2, 0.25) is 0 Å². The molecule has 0 fully saturated rings. The lowest BCUT2D eigenvalue weighted by atomic mass is 10.2. The Morgan fingerprint density at radius 1 is 0.917 bits per heavy atom. The van der Waals surface area contributed by atoms with Crippen molar-refractivity contribution in [1.29, 1.82) is 0 Å². The van der Waals surface area contributed by atoms with Gasteiger partial charge in [0.25, 0.3) is 0 Å². The van der Waals surface area contributed by atoms with Crippen molar-refractivity contribution in [3.8, 4) is 0 Å². The highest BCUT2D eigenvalue weighted by Gasteiger charge is 1.98. The standard InChI is InChI=1S/C10H24N2/c1-4-6-11-8-10(3)9-12-7-5-2/h10-12H,4-9H2,1-3H3. The second-order valence-electron chi connectivity index (χ2n) is 3.51. The third-order valence-corrected chi connectivity index (χ3v) is 1.84. The monoisotopic (exact) mass is 172 g/mol. The Labute approximate surface area is 77.1 Å². The average Bonchev–Trinajstić information content (AvgIpc) is 2.06. The minimum absolute atomic E-state index is 0.753. The molecule has 0 heterocycles. The normalized spacial score (nSPS) is 11.0. The van der Waals surface area contributed by atoms with E-state index in [0.29, 0.717) is 0 Å². The topological polar surface area (TPSA) is 24.1 Å². The minimum Gasteiger partial charge on any atom is -0.316 e. The molecule has 0 bridgehead atoms. The van der Waals surface area contributed by atoms with E-state index in [1.54, 1.807) is 0 Å². The number of hydrogen-bond acceptors (Lipinski definition) is 2. The van der Waals surface area contributed by atoms with Gasteiger partial charge in [-0.2, -0.15) is 0 Å². The van der Waals surface area contributed by atoms with Crippen LogP contribution in [0, 0.1) is 5.92 Å². The summed E-state index contributed by atoms with van der Waals surface area (Å²) < 4.78 is 0. The molecule has 0 radical (unpaired) electrons. The predicted molar refractivity (Wildman–Crippen MR) is 55.5 cm³/mol. The van der Waals surface area contributed by atoms with E-state index in [1.807, 2.05) is 0 Å².